The Bertz CT molecular complexity index is 1160. The van der Waals surface area contributed by atoms with Crippen molar-refractivity contribution in [2.45, 2.75) is 91.2 Å². The molecule has 2 aliphatic carbocycles. The average Bonchev–Trinajstić information content (AvgIpc) is 3.27. The summed E-state index contributed by atoms with van der Waals surface area (Å²) in [5, 5.41) is 5.94. The zero-order valence-electron chi connectivity index (χ0n) is 22.7. The number of imide groups is 1. The number of amides is 4. The Morgan fingerprint density at radius 3 is 2.58 bits per heavy atom. The van der Waals surface area contributed by atoms with Gasteiger partial charge >= 0.3 is 18.0 Å². The Morgan fingerprint density at radius 1 is 1.18 bits per heavy atom. The van der Waals surface area contributed by atoms with Crippen LogP contribution in [0.5, 0.6) is 0 Å². The molecule has 0 radical (unpaired) electrons. The lowest BCUT2D eigenvalue weighted by atomic mass is 9.64. The molecule has 11 heteroatoms. The third-order valence-corrected chi connectivity index (χ3v) is 8.68. The molecule has 4 amide bonds. The van der Waals surface area contributed by atoms with Crippen molar-refractivity contribution in [2.24, 2.45) is 11.3 Å². The highest BCUT2D eigenvalue weighted by atomic mass is 32.1. The molecule has 208 valence electrons. The van der Waals surface area contributed by atoms with Gasteiger partial charge in [-0.15, -0.1) is 11.3 Å². The molecule has 2 N–H and O–H groups in total. The van der Waals surface area contributed by atoms with Crippen molar-refractivity contribution in [1.82, 2.24) is 10.2 Å². The van der Waals surface area contributed by atoms with Gasteiger partial charge in [0.1, 0.15) is 17.1 Å². The molecular formula is C27H37N3O7S. The first-order chi connectivity index (χ1) is 17.9. The summed E-state index contributed by atoms with van der Waals surface area (Å²) in [7, 11) is 0. The molecule has 2 fully saturated rings. The van der Waals surface area contributed by atoms with Gasteiger partial charge in [-0.2, -0.15) is 0 Å². The summed E-state index contributed by atoms with van der Waals surface area (Å²) in [4.78, 5) is 66.2. The van der Waals surface area contributed by atoms with E-state index in [4.69, 9.17) is 9.47 Å². The number of anilines is 1. The summed E-state index contributed by atoms with van der Waals surface area (Å²) in [5.41, 5.74) is 0.122. The number of esters is 2. The number of hydrogen-bond acceptors (Lipinski definition) is 8. The van der Waals surface area contributed by atoms with Gasteiger partial charge in [-0.1, -0.05) is 20.8 Å². The van der Waals surface area contributed by atoms with E-state index in [2.05, 4.69) is 31.4 Å². The molecule has 2 heterocycles. The maximum absolute atomic E-state index is 13.3. The number of hydrogen-bond donors (Lipinski definition) is 2. The molecule has 1 aromatic rings. The van der Waals surface area contributed by atoms with Crippen LogP contribution in [0.4, 0.5) is 9.80 Å². The van der Waals surface area contributed by atoms with E-state index >= 15 is 0 Å². The van der Waals surface area contributed by atoms with E-state index in [1.165, 1.54) is 18.3 Å². The first kappa shape index (κ1) is 28.1. The van der Waals surface area contributed by atoms with Crippen molar-refractivity contribution in [3.05, 3.63) is 16.0 Å². The molecule has 38 heavy (non-hydrogen) atoms. The largest absolute Gasteiger partial charge is 0.462 e. The first-order valence-corrected chi connectivity index (χ1v) is 14.1. The summed E-state index contributed by atoms with van der Waals surface area (Å²) < 4.78 is 10.5. The molecule has 4 rings (SSSR count). The fraction of sp³-hybridized carbons (Fsp3) is 0.667. The Balaban J connectivity index is 1.40. The van der Waals surface area contributed by atoms with Crippen molar-refractivity contribution in [1.29, 1.82) is 0 Å². The van der Waals surface area contributed by atoms with E-state index in [0.717, 1.165) is 47.4 Å². The van der Waals surface area contributed by atoms with Gasteiger partial charge in [0.25, 0.3) is 11.8 Å². The van der Waals surface area contributed by atoms with Crippen LogP contribution in [-0.4, -0.2) is 59.5 Å². The van der Waals surface area contributed by atoms with Crippen LogP contribution in [0.15, 0.2) is 0 Å². The Hall–Kier alpha value is -2.95. The van der Waals surface area contributed by atoms with Gasteiger partial charge in [0.15, 0.2) is 6.10 Å². The summed E-state index contributed by atoms with van der Waals surface area (Å²) >= 11 is 1.34. The number of urea groups is 1. The summed E-state index contributed by atoms with van der Waals surface area (Å²) in [6.07, 6.45) is 4.28. The lowest BCUT2D eigenvalue weighted by Crippen LogP contribution is -2.54. The third kappa shape index (κ3) is 5.57. The number of carbonyl (C=O) groups excluding carboxylic acids is 5. The third-order valence-electron chi connectivity index (χ3n) is 7.48. The van der Waals surface area contributed by atoms with Crippen molar-refractivity contribution >= 4 is 46.1 Å². The zero-order valence-corrected chi connectivity index (χ0v) is 23.5. The number of nitrogens with zero attached hydrogens (tertiary/aromatic N) is 1. The Labute approximate surface area is 226 Å². The fourth-order valence-electron chi connectivity index (χ4n) is 6.35. The number of fused-ring (bicyclic) bond motifs is 1. The molecule has 0 unspecified atom stereocenters. The summed E-state index contributed by atoms with van der Waals surface area (Å²) in [6.45, 7) is 8.95. The Morgan fingerprint density at radius 2 is 1.89 bits per heavy atom. The van der Waals surface area contributed by atoms with Gasteiger partial charge < -0.3 is 20.1 Å². The van der Waals surface area contributed by atoms with Crippen LogP contribution in [0.25, 0.3) is 0 Å². The maximum Gasteiger partial charge on any atom is 0.341 e. The minimum atomic E-state index is -1.21. The van der Waals surface area contributed by atoms with Crippen LogP contribution < -0.4 is 10.6 Å². The van der Waals surface area contributed by atoms with E-state index in [-0.39, 0.29) is 17.9 Å². The van der Waals surface area contributed by atoms with Crippen LogP contribution in [0.3, 0.4) is 0 Å². The fourth-order valence-corrected chi connectivity index (χ4v) is 7.63. The molecule has 3 atom stereocenters. The number of rotatable bonds is 7. The predicted octanol–water partition coefficient (Wildman–Crippen LogP) is 3.81. The van der Waals surface area contributed by atoms with Gasteiger partial charge in [0.2, 0.25) is 0 Å². The topological polar surface area (TPSA) is 131 Å². The molecule has 1 spiro atoms. The van der Waals surface area contributed by atoms with Gasteiger partial charge in [-0.25, -0.2) is 9.59 Å². The van der Waals surface area contributed by atoms with Crippen LogP contribution in [-0.2, 0) is 36.7 Å². The van der Waals surface area contributed by atoms with Gasteiger partial charge in [-0.3, -0.25) is 19.3 Å². The number of ether oxygens (including phenoxy) is 2. The smallest absolute Gasteiger partial charge is 0.341 e. The van der Waals surface area contributed by atoms with Gasteiger partial charge in [0, 0.05) is 4.88 Å². The number of aryl methyl sites for hydroxylation is 1. The van der Waals surface area contributed by atoms with Crippen LogP contribution in [0.2, 0.25) is 0 Å². The minimum absolute atomic E-state index is 0.132. The zero-order chi connectivity index (χ0) is 27.8. The number of carbonyl (C=O) groups is 5. The van der Waals surface area contributed by atoms with Gasteiger partial charge in [0.05, 0.1) is 12.2 Å². The molecule has 3 aliphatic rings. The lowest BCUT2D eigenvalue weighted by molar-refractivity contribution is -0.155. The number of nitrogens with one attached hydrogen (secondary N) is 2. The lowest BCUT2D eigenvalue weighted by Gasteiger charge is -2.43. The highest BCUT2D eigenvalue weighted by molar-refractivity contribution is 7.17. The van der Waals surface area contributed by atoms with Crippen molar-refractivity contribution in [3.8, 4) is 0 Å². The molecule has 1 saturated heterocycles. The highest BCUT2D eigenvalue weighted by Gasteiger charge is 2.56. The average molecular weight is 548 g/mol. The van der Waals surface area contributed by atoms with E-state index in [9.17, 15) is 24.0 Å². The second-order valence-electron chi connectivity index (χ2n) is 11.5. The second-order valence-corrected chi connectivity index (χ2v) is 12.6. The van der Waals surface area contributed by atoms with Crippen LogP contribution in [0.1, 0.15) is 87.5 Å². The molecular weight excluding hydrogens is 510 g/mol. The number of thiophene rings is 1. The molecule has 1 aliphatic heterocycles. The molecule has 10 nitrogen and oxygen atoms in total. The highest BCUT2D eigenvalue weighted by Crippen LogP contribution is 2.46. The Kier molecular flexibility index (Phi) is 7.88. The van der Waals surface area contributed by atoms with E-state index < -0.39 is 48.0 Å². The van der Waals surface area contributed by atoms with Crippen molar-refractivity contribution < 1.29 is 33.4 Å². The van der Waals surface area contributed by atoms with Crippen LogP contribution >= 0.6 is 11.3 Å². The van der Waals surface area contributed by atoms with Crippen molar-refractivity contribution in [2.75, 3.05) is 18.5 Å². The van der Waals surface area contributed by atoms with Crippen molar-refractivity contribution in [3.63, 3.8) is 0 Å². The quantitative estimate of drug-likeness (QED) is 0.392. The van der Waals surface area contributed by atoms with Gasteiger partial charge in [-0.05, 0) is 75.7 Å². The monoisotopic (exact) mass is 547 g/mol. The summed E-state index contributed by atoms with van der Waals surface area (Å²) in [6, 6.07) is -0.628. The molecule has 0 bridgehead atoms. The van der Waals surface area contributed by atoms with E-state index in [0.29, 0.717) is 23.4 Å². The maximum atomic E-state index is 13.3. The molecule has 1 saturated carbocycles. The second kappa shape index (κ2) is 10.7. The molecule has 1 aromatic heterocycles. The standard InChI is InChI=1S/C27H37N3O7S/c1-6-36-23(33)20-17-9-7-8-10-18(17)38-22(20)28-21(32)16(3)37-19(31)13-30-24(34)27(29-25(30)35)12-15(2)11-26(4,5)14-27/h15-16H,6-14H2,1-5H3,(H,28,32)(H,29,35)/t15-,16+,27+/m0/s1. The van der Waals surface area contributed by atoms with E-state index in [1.54, 1.807) is 6.92 Å². The summed E-state index contributed by atoms with van der Waals surface area (Å²) in [5.74, 6) is -2.16. The normalized spacial score (nSPS) is 25.0. The predicted molar refractivity (Wildman–Crippen MR) is 141 cm³/mol. The minimum Gasteiger partial charge on any atom is -0.462 e. The first-order valence-electron chi connectivity index (χ1n) is 13.3. The SMILES string of the molecule is CCOC(=O)c1c(NC(=O)[C@@H](C)OC(=O)CN2C(=O)N[C@@]3(C[C@@H](C)CC(C)(C)C3)C2=O)sc2c1CCCC2. The molecule has 0 aromatic carbocycles. The van der Waals surface area contributed by atoms with E-state index in [1.807, 2.05) is 0 Å². The van der Waals surface area contributed by atoms with Crippen LogP contribution in [0, 0.1) is 11.3 Å².